The van der Waals surface area contributed by atoms with Crippen LogP contribution in [0.5, 0.6) is 5.75 Å². The fraction of sp³-hybridized carbons (Fsp3) is 0.214. The third-order valence-corrected chi connectivity index (χ3v) is 3.66. The molecule has 120 valence electrons. The van der Waals surface area contributed by atoms with E-state index in [1.165, 1.54) is 13.1 Å². The monoisotopic (exact) mass is 342 g/mol. The summed E-state index contributed by atoms with van der Waals surface area (Å²) in [5.74, 6) is -0.227. The second-order valence-electron chi connectivity index (χ2n) is 5.03. The van der Waals surface area contributed by atoms with Crippen molar-refractivity contribution in [3.63, 3.8) is 0 Å². The van der Waals surface area contributed by atoms with E-state index in [0.717, 1.165) is 6.07 Å². The molecule has 1 aromatic carbocycles. The Bertz CT molecular complexity index is 897. The Hall–Kier alpha value is -2.35. The molecular weight excluding hydrogens is 333 g/mol. The van der Waals surface area contributed by atoms with Crippen molar-refractivity contribution in [3.8, 4) is 17.1 Å². The first kappa shape index (κ1) is 15.5. The highest BCUT2D eigenvalue weighted by Gasteiger charge is 2.32. The molecule has 0 aliphatic heterocycles. The minimum absolute atomic E-state index is 0.00973. The molecular formula is C14H10ClF3N4O. The van der Waals surface area contributed by atoms with Crippen LogP contribution in [0, 0.1) is 6.92 Å². The molecule has 5 nitrogen and oxygen atoms in total. The van der Waals surface area contributed by atoms with Crippen LogP contribution in [0.1, 0.15) is 11.1 Å². The van der Waals surface area contributed by atoms with Gasteiger partial charge < -0.3 is 9.67 Å². The predicted molar refractivity (Wildman–Crippen MR) is 78.2 cm³/mol. The van der Waals surface area contributed by atoms with Gasteiger partial charge in [0, 0.05) is 7.05 Å². The second kappa shape index (κ2) is 5.09. The van der Waals surface area contributed by atoms with Gasteiger partial charge in [0.1, 0.15) is 17.1 Å². The van der Waals surface area contributed by atoms with Gasteiger partial charge in [0.25, 0.3) is 0 Å². The summed E-state index contributed by atoms with van der Waals surface area (Å²) in [6, 6.07) is 1.65. The molecule has 0 atom stereocenters. The minimum atomic E-state index is -4.54. The predicted octanol–water partition coefficient (Wildman–Crippen LogP) is 3.72. The SMILES string of the molecule is Cc1cc(C(F)(F)F)cc(O)c1-c1nc2nc(Cl)ncc2n1C. The average Bonchev–Trinajstić information content (AvgIpc) is 2.73. The van der Waals surface area contributed by atoms with E-state index >= 15 is 0 Å². The van der Waals surface area contributed by atoms with E-state index in [0.29, 0.717) is 17.2 Å². The molecule has 0 amide bonds. The smallest absolute Gasteiger partial charge is 0.416 e. The summed E-state index contributed by atoms with van der Waals surface area (Å²) in [6.45, 7) is 1.47. The highest BCUT2D eigenvalue weighted by molar-refractivity contribution is 6.28. The van der Waals surface area contributed by atoms with Crippen LogP contribution >= 0.6 is 11.6 Å². The molecule has 0 bridgehead atoms. The van der Waals surface area contributed by atoms with Gasteiger partial charge in [0.15, 0.2) is 5.65 Å². The summed E-state index contributed by atoms with van der Waals surface area (Å²) >= 11 is 5.71. The standard InChI is InChI=1S/C14H10ClF3N4O/c1-6-3-7(14(16,17)18)4-9(23)10(6)12-20-11-8(22(12)2)5-19-13(15)21-11/h3-5,23H,1-2H3. The number of imidazole rings is 1. The van der Waals surface area contributed by atoms with Crippen LogP contribution in [-0.4, -0.2) is 24.6 Å². The third-order valence-electron chi connectivity index (χ3n) is 3.48. The molecule has 0 aliphatic carbocycles. The van der Waals surface area contributed by atoms with Crippen molar-refractivity contribution in [1.82, 2.24) is 19.5 Å². The molecule has 0 unspecified atom stereocenters. The van der Waals surface area contributed by atoms with Crippen molar-refractivity contribution >= 4 is 22.8 Å². The highest BCUT2D eigenvalue weighted by atomic mass is 35.5. The Morgan fingerprint density at radius 1 is 1.22 bits per heavy atom. The summed E-state index contributed by atoms with van der Waals surface area (Å²) in [5.41, 5.74) is 0.367. The van der Waals surface area contributed by atoms with E-state index in [1.54, 1.807) is 11.6 Å². The third kappa shape index (κ3) is 2.59. The Morgan fingerprint density at radius 2 is 1.91 bits per heavy atom. The number of hydrogen-bond acceptors (Lipinski definition) is 4. The van der Waals surface area contributed by atoms with Gasteiger partial charge in [-0.15, -0.1) is 0 Å². The average molecular weight is 343 g/mol. The van der Waals surface area contributed by atoms with Crippen molar-refractivity contribution in [1.29, 1.82) is 0 Å². The zero-order chi connectivity index (χ0) is 16.9. The molecule has 2 aromatic heterocycles. The van der Waals surface area contributed by atoms with Gasteiger partial charge in [0.2, 0.25) is 5.28 Å². The molecule has 3 aromatic rings. The van der Waals surface area contributed by atoms with Crippen LogP contribution in [0.3, 0.4) is 0 Å². The Morgan fingerprint density at radius 3 is 2.52 bits per heavy atom. The maximum Gasteiger partial charge on any atom is 0.416 e. The lowest BCUT2D eigenvalue weighted by Crippen LogP contribution is -2.06. The van der Waals surface area contributed by atoms with Gasteiger partial charge in [-0.25, -0.2) is 9.97 Å². The number of fused-ring (bicyclic) bond motifs is 1. The number of rotatable bonds is 1. The lowest BCUT2D eigenvalue weighted by atomic mass is 10.0. The summed E-state index contributed by atoms with van der Waals surface area (Å²) in [7, 11) is 1.65. The van der Waals surface area contributed by atoms with Crippen molar-refractivity contribution in [3.05, 3.63) is 34.7 Å². The molecule has 0 spiro atoms. The van der Waals surface area contributed by atoms with E-state index in [-0.39, 0.29) is 22.2 Å². The van der Waals surface area contributed by atoms with E-state index in [4.69, 9.17) is 11.6 Å². The van der Waals surface area contributed by atoms with Crippen LogP contribution in [0.4, 0.5) is 13.2 Å². The number of halogens is 4. The van der Waals surface area contributed by atoms with Crippen LogP contribution in [-0.2, 0) is 13.2 Å². The van der Waals surface area contributed by atoms with Crippen molar-refractivity contribution < 1.29 is 18.3 Å². The fourth-order valence-corrected chi connectivity index (χ4v) is 2.53. The van der Waals surface area contributed by atoms with Gasteiger partial charge in [-0.3, -0.25) is 0 Å². The number of phenols is 1. The number of nitrogens with zero attached hydrogens (tertiary/aromatic N) is 4. The summed E-state index contributed by atoms with van der Waals surface area (Å²) < 4.78 is 40.0. The minimum Gasteiger partial charge on any atom is -0.507 e. The number of aromatic nitrogens is 4. The first-order valence-corrected chi connectivity index (χ1v) is 6.82. The van der Waals surface area contributed by atoms with Gasteiger partial charge in [-0.1, -0.05) is 0 Å². The van der Waals surface area contributed by atoms with Crippen LogP contribution < -0.4 is 0 Å². The number of benzene rings is 1. The highest BCUT2D eigenvalue weighted by Crippen LogP contribution is 2.39. The van der Waals surface area contributed by atoms with Gasteiger partial charge >= 0.3 is 6.18 Å². The van der Waals surface area contributed by atoms with Gasteiger partial charge in [-0.05, 0) is 36.2 Å². The maximum atomic E-state index is 12.8. The molecule has 9 heteroatoms. The lowest BCUT2D eigenvalue weighted by Gasteiger charge is -2.13. The molecule has 0 saturated carbocycles. The molecule has 2 heterocycles. The number of aryl methyl sites for hydroxylation is 2. The molecule has 1 N–H and O–H groups in total. The molecule has 0 fully saturated rings. The Balaban J connectivity index is 2.25. The van der Waals surface area contributed by atoms with Crippen molar-refractivity contribution in [2.75, 3.05) is 0 Å². The molecule has 0 saturated heterocycles. The first-order valence-electron chi connectivity index (χ1n) is 6.44. The Labute approximate surface area is 133 Å². The first-order chi connectivity index (χ1) is 10.7. The van der Waals surface area contributed by atoms with Crippen LogP contribution in [0.25, 0.3) is 22.6 Å². The molecule has 0 radical (unpaired) electrons. The fourth-order valence-electron chi connectivity index (χ4n) is 2.40. The van der Waals surface area contributed by atoms with E-state index in [9.17, 15) is 18.3 Å². The van der Waals surface area contributed by atoms with Crippen LogP contribution in [0.15, 0.2) is 18.3 Å². The zero-order valence-corrected chi connectivity index (χ0v) is 12.7. The largest absolute Gasteiger partial charge is 0.507 e. The normalized spacial score (nSPS) is 12.1. The molecule has 3 rings (SSSR count). The van der Waals surface area contributed by atoms with Crippen molar-refractivity contribution in [2.24, 2.45) is 7.05 Å². The van der Waals surface area contributed by atoms with Gasteiger partial charge in [0.05, 0.1) is 17.3 Å². The number of aromatic hydroxyl groups is 1. The van der Waals surface area contributed by atoms with E-state index < -0.39 is 17.5 Å². The second-order valence-corrected chi connectivity index (χ2v) is 5.37. The number of phenolic OH excluding ortho intramolecular Hbond substituents is 1. The summed E-state index contributed by atoms with van der Waals surface area (Å²) in [4.78, 5) is 12.1. The maximum absolute atomic E-state index is 12.8. The van der Waals surface area contributed by atoms with Gasteiger partial charge in [-0.2, -0.15) is 18.2 Å². The van der Waals surface area contributed by atoms with Crippen LogP contribution in [0.2, 0.25) is 5.28 Å². The lowest BCUT2D eigenvalue weighted by molar-refractivity contribution is -0.137. The van der Waals surface area contributed by atoms with E-state index in [1.807, 2.05) is 0 Å². The molecule has 23 heavy (non-hydrogen) atoms. The quantitative estimate of drug-likeness (QED) is 0.685. The zero-order valence-electron chi connectivity index (χ0n) is 12.0. The van der Waals surface area contributed by atoms with Crippen molar-refractivity contribution in [2.45, 2.75) is 13.1 Å². The molecule has 0 aliphatic rings. The van der Waals surface area contributed by atoms with E-state index in [2.05, 4.69) is 15.0 Å². The summed E-state index contributed by atoms with van der Waals surface area (Å²) in [6.07, 6.45) is -3.08. The number of hydrogen-bond donors (Lipinski definition) is 1. The topological polar surface area (TPSA) is 63.8 Å². The number of alkyl halides is 3. The Kier molecular flexibility index (Phi) is 3.44. The summed E-state index contributed by atoms with van der Waals surface area (Å²) in [5, 5.41) is 10.1.